The Morgan fingerprint density at radius 3 is 2.21 bits per heavy atom. The van der Waals surface area contributed by atoms with E-state index in [-0.39, 0.29) is 5.78 Å². The standard InChI is InChI=1S/C21H31NOS/c1-2-3-4-5-6-7-8-9-10-13-18-24-22-17-16-21(23)19-14-11-12-15-20(19)22/h11-12,14-17H,2-10,13,18H2,1H3/p+1. The maximum atomic E-state index is 11.9. The minimum absolute atomic E-state index is 0.133. The average molecular weight is 347 g/mol. The molecule has 0 saturated carbocycles. The van der Waals surface area contributed by atoms with Crippen LogP contribution in [0.15, 0.2) is 36.5 Å². The summed E-state index contributed by atoms with van der Waals surface area (Å²) in [5, 5.41) is 0. The third kappa shape index (κ3) is 6.45. The van der Waals surface area contributed by atoms with Gasteiger partial charge in [-0.15, -0.1) is 0 Å². The summed E-state index contributed by atoms with van der Waals surface area (Å²) in [6.07, 6.45) is 17.5. The van der Waals surface area contributed by atoms with Crippen LogP contribution in [0.5, 0.6) is 0 Å². The largest absolute Gasteiger partial charge is 0.289 e. The van der Waals surface area contributed by atoms with Crippen LogP contribution in [0.1, 0.15) is 81.5 Å². The molecule has 1 aromatic rings. The van der Waals surface area contributed by atoms with Gasteiger partial charge in [0.25, 0.3) is 0 Å². The van der Waals surface area contributed by atoms with Crippen LogP contribution in [0.25, 0.3) is 0 Å². The molecular weight excluding hydrogens is 314 g/mol. The molecule has 0 aliphatic carbocycles. The number of hydrogen-bond donors (Lipinski definition) is 1. The lowest BCUT2D eigenvalue weighted by atomic mass is 10.1. The lowest BCUT2D eigenvalue weighted by Gasteiger charge is -2.17. The molecule has 1 unspecified atom stereocenters. The van der Waals surface area contributed by atoms with Crippen LogP contribution in [0.4, 0.5) is 5.69 Å². The number of benzene rings is 1. The molecule has 24 heavy (non-hydrogen) atoms. The van der Waals surface area contributed by atoms with Crippen LogP contribution >= 0.6 is 11.9 Å². The Kier molecular flexibility index (Phi) is 9.22. The van der Waals surface area contributed by atoms with Crippen molar-refractivity contribution >= 4 is 23.4 Å². The molecule has 1 N–H and O–H groups in total. The van der Waals surface area contributed by atoms with Crippen molar-refractivity contribution in [3.05, 3.63) is 42.1 Å². The maximum Gasteiger partial charge on any atom is 0.197 e. The van der Waals surface area contributed by atoms with Gasteiger partial charge in [0.15, 0.2) is 11.5 Å². The molecule has 0 saturated heterocycles. The zero-order valence-corrected chi connectivity index (χ0v) is 15.9. The molecule has 0 radical (unpaired) electrons. The number of allylic oxidation sites excluding steroid dienone is 1. The van der Waals surface area contributed by atoms with E-state index >= 15 is 0 Å². The van der Waals surface area contributed by atoms with E-state index in [1.807, 2.05) is 36.3 Å². The first-order valence-electron chi connectivity index (χ1n) is 9.64. The van der Waals surface area contributed by atoms with Crippen LogP contribution in [0.3, 0.4) is 0 Å². The van der Waals surface area contributed by atoms with Gasteiger partial charge in [0.05, 0.1) is 17.5 Å². The summed E-state index contributed by atoms with van der Waals surface area (Å²) >= 11 is 1.90. The molecule has 132 valence electrons. The summed E-state index contributed by atoms with van der Waals surface area (Å²) in [7, 11) is 0. The van der Waals surface area contributed by atoms with E-state index in [0.29, 0.717) is 0 Å². The molecule has 1 heterocycles. The van der Waals surface area contributed by atoms with Crippen molar-refractivity contribution in [3.63, 3.8) is 0 Å². The zero-order chi connectivity index (χ0) is 17.0. The van der Waals surface area contributed by atoms with Gasteiger partial charge in [-0.1, -0.05) is 76.8 Å². The molecule has 2 rings (SSSR count). The molecule has 2 nitrogen and oxygen atoms in total. The number of quaternary nitrogens is 1. The van der Waals surface area contributed by atoms with E-state index in [2.05, 4.69) is 13.0 Å². The highest BCUT2D eigenvalue weighted by Gasteiger charge is 2.23. The SMILES string of the molecule is CCCCCCCCCCCCS[NH+]1C=CC(=O)c2ccccc21. The van der Waals surface area contributed by atoms with Crippen LogP contribution in [-0.4, -0.2) is 11.5 Å². The van der Waals surface area contributed by atoms with Gasteiger partial charge in [-0.05, 0) is 12.5 Å². The van der Waals surface area contributed by atoms with E-state index in [1.54, 1.807) is 6.08 Å². The fourth-order valence-corrected chi connectivity index (χ4v) is 4.21. The second kappa shape index (κ2) is 11.5. The van der Waals surface area contributed by atoms with E-state index in [4.69, 9.17) is 0 Å². The van der Waals surface area contributed by atoms with Crippen molar-refractivity contribution in [2.75, 3.05) is 5.75 Å². The number of fused-ring (bicyclic) bond motifs is 1. The van der Waals surface area contributed by atoms with Gasteiger partial charge in [0, 0.05) is 17.9 Å². The number of carbonyl (C=O) groups excluding carboxylic acids is 1. The Balaban J connectivity index is 1.54. The second-order valence-corrected chi connectivity index (χ2v) is 7.77. The molecule has 1 aromatic carbocycles. The van der Waals surface area contributed by atoms with E-state index in [1.165, 1.54) is 68.5 Å². The van der Waals surface area contributed by atoms with Crippen LogP contribution < -0.4 is 4.31 Å². The number of rotatable bonds is 12. The van der Waals surface area contributed by atoms with Crippen molar-refractivity contribution in [1.82, 2.24) is 0 Å². The number of unbranched alkanes of at least 4 members (excludes halogenated alkanes) is 9. The molecule has 3 heteroatoms. The van der Waals surface area contributed by atoms with Crippen molar-refractivity contribution < 1.29 is 9.10 Å². The number of hydrogen-bond acceptors (Lipinski definition) is 2. The average Bonchev–Trinajstić information content (AvgIpc) is 2.61. The monoisotopic (exact) mass is 346 g/mol. The van der Waals surface area contributed by atoms with Crippen molar-refractivity contribution in [3.8, 4) is 0 Å². The van der Waals surface area contributed by atoms with Gasteiger partial charge in [-0.2, -0.15) is 0 Å². The highest BCUT2D eigenvalue weighted by Crippen LogP contribution is 2.17. The minimum atomic E-state index is 0.133. The maximum absolute atomic E-state index is 11.9. The summed E-state index contributed by atoms with van der Waals surface area (Å²) in [6.45, 7) is 2.27. The molecule has 1 aliphatic rings. The molecule has 0 bridgehead atoms. The zero-order valence-electron chi connectivity index (χ0n) is 15.1. The summed E-state index contributed by atoms with van der Waals surface area (Å²) in [5.74, 6) is 1.28. The van der Waals surface area contributed by atoms with Gasteiger partial charge in [-0.3, -0.25) is 4.79 Å². The lowest BCUT2D eigenvalue weighted by Crippen LogP contribution is -2.96. The summed E-state index contributed by atoms with van der Waals surface area (Å²) in [4.78, 5) is 11.9. The highest BCUT2D eigenvalue weighted by atomic mass is 32.2. The number of para-hydroxylation sites is 1. The number of carbonyl (C=O) groups is 1. The van der Waals surface area contributed by atoms with E-state index in [9.17, 15) is 4.79 Å². The highest BCUT2D eigenvalue weighted by molar-refractivity contribution is 7.93. The fraction of sp³-hybridized carbons (Fsp3) is 0.571. The third-order valence-corrected chi connectivity index (χ3v) is 5.76. The molecule has 0 aromatic heterocycles. The van der Waals surface area contributed by atoms with E-state index in [0.717, 1.165) is 17.0 Å². The van der Waals surface area contributed by atoms with Gasteiger partial charge in [-0.25, -0.2) is 4.31 Å². The summed E-state index contributed by atoms with van der Waals surface area (Å²) in [6, 6.07) is 7.96. The van der Waals surface area contributed by atoms with Crippen molar-refractivity contribution in [2.45, 2.75) is 71.1 Å². The van der Waals surface area contributed by atoms with Crippen molar-refractivity contribution in [2.24, 2.45) is 0 Å². The van der Waals surface area contributed by atoms with Gasteiger partial charge < -0.3 is 0 Å². The van der Waals surface area contributed by atoms with Gasteiger partial charge in [0.1, 0.15) is 6.20 Å². The lowest BCUT2D eigenvalue weighted by molar-refractivity contribution is -0.609. The summed E-state index contributed by atoms with van der Waals surface area (Å²) in [5.41, 5.74) is 1.97. The predicted octanol–water partition coefficient (Wildman–Crippen LogP) is 5.48. The third-order valence-electron chi connectivity index (χ3n) is 4.60. The normalized spacial score (nSPS) is 16.4. The fourth-order valence-electron chi connectivity index (χ4n) is 3.14. The Morgan fingerprint density at radius 1 is 0.875 bits per heavy atom. The Morgan fingerprint density at radius 2 is 1.50 bits per heavy atom. The summed E-state index contributed by atoms with van der Waals surface area (Å²) < 4.78 is 1.25. The first kappa shape index (κ1) is 19.3. The molecule has 0 fully saturated rings. The first-order valence-corrected chi connectivity index (χ1v) is 10.6. The predicted molar refractivity (Wildman–Crippen MR) is 105 cm³/mol. The molecule has 0 spiro atoms. The molecular formula is C21H32NOS+. The van der Waals surface area contributed by atoms with Gasteiger partial charge >= 0.3 is 0 Å². The Bertz CT molecular complexity index is 526. The first-order chi connectivity index (χ1) is 11.8. The van der Waals surface area contributed by atoms with Gasteiger partial charge in [0.2, 0.25) is 0 Å². The van der Waals surface area contributed by atoms with Crippen LogP contribution in [-0.2, 0) is 0 Å². The van der Waals surface area contributed by atoms with Crippen LogP contribution in [0, 0.1) is 0 Å². The van der Waals surface area contributed by atoms with Crippen LogP contribution in [0.2, 0.25) is 0 Å². The smallest absolute Gasteiger partial charge is 0.197 e. The molecule has 1 aliphatic heterocycles. The number of nitrogens with one attached hydrogen (secondary N) is 1. The Hall–Kier alpha value is -1.06. The second-order valence-electron chi connectivity index (χ2n) is 6.64. The van der Waals surface area contributed by atoms with Crippen molar-refractivity contribution in [1.29, 1.82) is 0 Å². The molecule has 0 amide bonds. The Labute approximate surface area is 151 Å². The quantitative estimate of drug-likeness (QED) is 0.399. The minimum Gasteiger partial charge on any atom is -0.289 e. The van der Waals surface area contributed by atoms with E-state index < -0.39 is 0 Å². The number of ketones is 1. The topological polar surface area (TPSA) is 21.5 Å². The molecule has 1 atom stereocenters.